The average Bonchev–Trinajstić information content (AvgIpc) is 2.84. The van der Waals surface area contributed by atoms with Gasteiger partial charge in [-0.25, -0.2) is 4.68 Å². The number of morpholine rings is 1. The molecule has 0 atom stereocenters. The van der Waals surface area contributed by atoms with Gasteiger partial charge in [-0.2, -0.15) is 5.10 Å². The molecule has 1 aliphatic heterocycles. The summed E-state index contributed by atoms with van der Waals surface area (Å²) < 4.78 is 17.6. The van der Waals surface area contributed by atoms with Gasteiger partial charge in [0.25, 0.3) is 11.5 Å². The Morgan fingerprint density at radius 3 is 2.53 bits per heavy atom. The molecular formula is C23H24N4O5. The SMILES string of the molecule is COc1cccc(Oc2cnn(C)c(=O)c2Nc2ccc(C(=O)N3CCOCC3)cc2)c1. The number of amides is 1. The number of aromatic nitrogens is 2. The number of anilines is 2. The monoisotopic (exact) mass is 436 g/mol. The maximum absolute atomic E-state index is 12.7. The van der Waals surface area contributed by atoms with E-state index in [1.807, 2.05) is 0 Å². The third-order valence-electron chi connectivity index (χ3n) is 5.07. The Bertz CT molecular complexity index is 1150. The van der Waals surface area contributed by atoms with Gasteiger partial charge in [-0.15, -0.1) is 0 Å². The third-order valence-corrected chi connectivity index (χ3v) is 5.07. The third kappa shape index (κ3) is 4.73. The molecule has 0 radical (unpaired) electrons. The Labute approximate surface area is 185 Å². The van der Waals surface area contributed by atoms with Gasteiger partial charge in [-0.05, 0) is 36.4 Å². The van der Waals surface area contributed by atoms with Gasteiger partial charge in [0.1, 0.15) is 11.5 Å². The second-order valence-electron chi connectivity index (χ2n) is 7.20. The Hall–Kier alpha value is -3.85. The molecule has 2 heterocycles. The van der Waals surface area contributed by atoms with Crippen molar-refractivity contribution in [1.82, 2.24) is 14.7 Å². The van der Waals surface area contributed by atoms with Crippen LogP contribution in [0.5, 0.6) is 17.2 Å². The molecule has 0 bridgehead atoms. The number of aryl methyl sites for hydroxylation is 1. The van der Waals surface area contributed by atoms with Gasteiger partial charge in [-0.3, -0.25) is 9.59 Å². The lowest BCUT2D eigenvalue weighted by Crippen LogP contribution is -2.40. The van der Waals surface area contributed by atoms with Crippen molar-refractivity contribution in [2.24, 2.45) is 7.05 Å². The van der Waals surface area contributed by atoms with Crippen molar-refractivity contribution in [3.05, 3.63) is 70.6 Å². The summed E-state index contributed by atoms with van der Waals surface area (Å²) in [5, 5.41) is 7.16. The van der Waals surface area contributed by atoms with E-state index in [2.05, 4.69) is 10.4 Å². The van der Waals surface area contributed by atoms with E-state index in [1.54, 1.807) is 67.6 Å². The maximum Gasteiger partial charge on any atom is 0.294 e. The highest BCUT2D eigenvalue weighted by molar-refractivity contribution is 5.94. The standard InChI is InChI=1S/C23H24N4O5/c1-26-23(29)21(20(15-24-26)32-19-5-3-4-18(14-19)30-2)25-17-8-6-16(7-9-17)22(28)27-10-12-31-13-11-27/h3-9,14-15,25H,10-13H2,1-2H3. The molecule has 0 aliphatic carbocycles. The number of hydrogen-bond acceptors (Lipinski definition) is 7. The summed E-state index contributed by atoms with van der Waals surface area (Å²) in [5.74, 6) is 1.37. The van der Waals surface area contributed by atoms with Gasteiger partial charge in [0.05, 0.1) is 26.5 Å². The van der Waals surface area contributed by atoms with Gasteiger partial charge in [0.15, 0.2) is 11.4 Å². The van der Waals surface area contributed by atoms with Crippen LogP contribution in [0.25, 0.3) is 0 Å². The maximum atomic E-state index is 12.7. The van der Waals surface area contributed by atoms with Crippen molar-refractivity contribution >= 4 is 17.3 Å². The molecule has 1 saturated heterocycles. The number of carbonyl (C=O) groups is 1. The zero-order chi connectivity index (χ0) is 22.5. The second-order valence-corrected chi connectivity index (χ2v) is 7.20. The van der Waals surface area contributed by atoms with Crippen LogP contribution in [-0.2, 0) is 11.8 Å². The minimum absolute atomic E-state index is 0.0401. The van der Waals surface area contributed by atoms with Gasteiger partial charge < -0.3 is 24.4 Å². The highest BCUT2D eigenvalue weighted by Crippen LogP contribution is 2.30. The van der Waals surface area contributed by atoms with Crippen molar-refractivity contribution in [2.75, 3.05) is 38.7 Å². The van der Waals surface area contributed by atoms with Crippen LogP contribution in [0.2, 0.25) is 0 Å². The topological polar surface area (TPSA) is 94.9 Å². The molecule has 166 valence electrons. The van der Waals surface area contributed by atoms with E-state index in [0.29, 0.717) is 49.1 Å². The average molecular weight is 436 g/mol. The summed E-state index contributed by atoms with van der Waals surface area (Å²) in [4.78, 5) is 27.2. The van der Waals surface area contributed by atoms with Crippen LogP contribution in [0, 0.1) is 0 Å². The first-order valence-corrected chi connectivity index (χ1v) is 10.2. The van der Waals surface area contributed by atoms with E-state index in [0.717, 1.165) is 0 Å². The fourth-order valence-electron chi connectivity index (χ4n) is 3.30. The van der Waals surface area contributed by atoms with Crippen LogP contribution >= 0.6 is 0 Å². The number of benzene rings is 2. The highest BCUT2D eigenvalue weighted by Gasteiger charge is 2.19. The van der Waals surface area contributed by atoms with Gasteiger partial charge in [0, 0.05) is 37.5 Å². The van der Waals surface area contributed by atoms with Gasteiger partial charge in [0.2, 0.25) is 0 Å². The zero-order valence-corrected chi connectivity index (χ0v) is 17.9. The van der Waals surface area contributed by atoms with Crippen molar-refractivity contribution in [3.63, 3.8) is 0 Å². The molecule has 1 N–H and O–H groups in total. The Balaban J connectivity index is 1.56. The molecule has 1 aliphatic rings. The Kier molecular flexibility index (Phi) is 6.37. The van der Waals surface area contributed by atoms with Crippen molar-refractivity contribution in [3.8, 4) is 17.2 Å². The number of nitrogens with one attached hydrogen (secondary N) is 1. The second kappa shape index (κ2) is 9.52. The molecular weight excluding hydrogens is 412 g/mol. The van der Waals surface area contributed by atoms with Crippen LogP contribution < -0.4 is 20.3 Å². The lowest BCUT2D eigenvalue weighted by molar-refractivity contribution is 0.0303. The number of carbonyl (C=O) groups excluding carboxylic acids is 1. The van der Waals surface area contributed by atoms with Crippen molar-refractivity contribution in [2.45, 2.75) is 0 Å². The smallest absolute Gasteiger partial charge is 0.294 e. The summed E-state index contributed by atoms with van der Waals surface area (Å²) in [5.41, 5.74) is 1.10. The minimum Gasteiger partial charge on any atom is -0.497 e. The van der Waals surface area contributed by atoms with Crippen molar-refractivity contribution in [1.29, 1.82) is 0 Å². The molecule has 32 heavy (non-hydrogen) atoms. The Morgan fingerprint density at radius 2 is 1.81 bits per heavy atom. The molecule has 3 aromatic rings. The summed E-state index contributed by atoms with van der Waals surface area (Å²) in [6, 6.07) is 14.0. The quantitative estimate of drug-likeness (QED) is 0.635. The van der Waals surface area contributed by atoms with E-state index in [1.165, 1.54) is 10.9 Å². The molecule has 9 nitrogen and oxygen atoms in total. The number of methoxy groups -OCH3 is 1. The predicted molar refractivity (Wildman–Crippen MR) is 119 cm³/mol. The van der Waals surface area contributed by atoms with Crippen molar-refractivity contribution < 1.29 is 19.0 Å². The molecule has 4 rings (SSSR count). The first-order chi connectivity index (χ1) is 15.5. The molecule has 9 heteroatoms. The number of rotatable bonds is 6. The van der Waals surface area contributed by atoms with Crippen LogP contribution in [-0.4, -0.2) is 54.0 Å². The van der Waals surface area contributed by atoms with Gasteiger partial charge in [-0.1, -0.05) is 6.07 Å². The summed E-state index contributed by atoms with van der Waals surface area (Å²) in [6.45, 7) is 2.26. The predicted octanol–water partition coefficient (Wildman–Crippen LogP) is 2.80. The lowest BCUT2D eigenvalue weighted by Gasteiger charge is -2.26. The number of hydrogen-bond donors (Lipinski definition) is 1. The summed E-state index contributed by atoms with van der Waals surface area (Å²) >= 11 is 0. The zero-order valence-electron chi connectivity index (χ0n) is 17.9. The first-order valence-electron chi connectivity index (χ1n) is 10.2. The molecule has 0 saturated carbocycles. The minimum atomic E-state index is -0.348. The first kappa shape index (κ1) is 21.4. The van der Waals surface area contributed by atoms with E-state index in [9.17, 15) is 9.59 Å². The lowest BCUT2D eigenvalue weighted by atomic mass is 10.1. The van der Waals surface area contributed by atoms with Crippen LogP contribution in [0.1, 0.15) is 10.4 Å². The molecule has 1 aromatic heterocycles. The van der Waals surface area contributed by atoms with Gasteiger partial charge >= 0.3 is 0 Å². The molecule has 0 unspecified atom stereocenters. The normalized spacial score (nSPS) is 13.5. The largest absolute Gasteiger partial charge is 0.497 e. The molecule has 0 spiro atoms. The van der Waals surface area contributed by atoms with E-state index >= 15 is 0 Å². The summed E-state index contributed by atoms with van der Waals surface area (Å²) in [7, 11) is 3.13. The van der Waals surface area contributed by atoms with Crippen LogP contribution in [0.15, 0.2) is 59.5 Å². The van der Waals surface area contributed by atoms with E-state index < -0.39 is 0 Å². The van der Waals surface area contributed by atoms with E-state index in [-0.39, 0.29) is 22.9 Å². The summed E-state index contributed by atoms with van der Waals surface area (Å²) in [6.07, 6.45) is 1.47. The Morgan fingerprint density at radius 1 is 1.09 bits per heavy atom. The molecule has 1 fully saturated rings. The molecule has 2 aromatic carbocycles. The van der Waals surface area contributed by atoms with Crippen LogP contribution in [0.4, 0.5) is 11.4 Å². The highest BCUT2D eigenvalue weighted by atomic mass is 16.5. The van der Waals surface area contributed by atoms with E-state index in [4.69, 9.17) is 14.2 Å². The fourth-order valence-corrected chi connectivity index (χ4v) is 3.30. The number of nitrogens with zero attached hydrogens (tertiary/aromatic N) is 3. The molecule has 1 amide bonds. The number of ether oxygens (including phenoxy) is 3. The van der Waals surface area contributed by atoms with Crippen LogP contribution in [0.3, 0.4) is 0 Å². The fraction of sp³-hybridized carbons (Fsp3) is 0.261.